The average molecular weight is 945 g/mol. The molecule has 4 aliphatic carbocycles. The Morgan fingerprint density at radius 2 is 1.24 bits per heavy atom. The minimum Gasteiger partial charge on any atom is -0.394 e. The number of aliphatic hydroxyl groups excluding tert-OH is 12. The van der Waals surface area contributed by atoms with Gasteiger partial charge in [0.2, 0.25) is 0 Å². The summed E-state index contributed by atoms with van der Waals surface area (Å²) in [5.74, 6) is 1.11. The zero-order valence-corrected chi connectivity index (χ0v) is 39.6. The summed E-state index contributed by atoms with van der Waals surface area (Å²) in [4.78, 5) is 0. The van der Waals surface area contributed by atoms with Crippen LogP contribution in [0.25, 0.3) is 0 Å². The van der Waals surface area contributed by atoms with Crippen LogP contribution < -0.4 is 0 Å². The number of allylic oxidation sites excluding steroid dienone is 2. The predicted octanol–water partition coefficient (Wildman–Crippen LogP) is -0.249. The molecular formula is C48H80O18. The van der Waals surface area contributed by atoms with E-state index in [-0.39, 0.29) is 40.8 Å². The van der Waals surface area contributed by atoms with Gasteiger partial charge < -0.3 is 89.7 Å². The van der Waals surface area contributed by atoms with Crippen molar-refractivity contribution >= 4 is 0 Å². The van der Waals surface area contributed by atoms with Crippen LogP contribution in [-0.4, -0.2) is 192 Å². The number of rotatable bonds is 14. The maximum atomic E-state index is 12.5. The van der Waals surface area contributed by atoms with Crippen molar-refractivity contribution < 1.29 is 89.7 Å². The molecule has 24 atom stereocenters. The fourth-order valence-electron chi connectivity index (χ4n) is 13.9. The average Bonchev–Trinajstić information content (AvgIpc) is 3.55. The van der Waals surface area contributed by atoms with Crippen LogP contribution >= 0.6 is 0 Å². The third kappa shape index (κ3) is 9.04. The molecule has 0 bridgehead atoms. The molecule has 0 aromatic carbocycles. The van der Waals surface area contributed by atoms with Gasteiger partial charge in [0, 0.05) is 10.8 Å². The first kappa shape index (κ1) is 52.6. The van der Waals surface area contributed by atoms with E-state index in [0.29, 0.717) is 24.7 Å². The van der Waals surface area contributed by atoms with Crippen molar-refractivity contribution in [3.8, 4) is 0 Å². The van der Waals surface area contributed by atoms with E-state index in [2.05, 4.69) is 53.7 Å². The molecule has 3 saturated carbocycles. The van der Waals surface area contributed by atoms with Gasteiger partial charge >= 0.3 is 0 Å². The van der Waals surface area contributed by atoms with Crippen LogP contribution in [0.3, 0.4) is 0 Å². The summed E-state index contributed by atoms with van der Waals surface area (Å²) < 4.78 is 34.7. The van der Waals surface area contributed by atoms with Gasteiger partial charge in [-0.1, -0.05) is 64.8 Å². The Bertz CT molecular complexity index is 1710. The zero-order valence-electron chi connectivity index (χ0n) is 39.6. The highest BCUT2D eigenvalue weighted by Gasteiger charge is 2.70. The Morgan fingerprint density at radius 1 is 0.697 bits per heavy atom. The van der Waals surface area contributed by atoms with Crippen molar-refractivity contribution in [3.05, 3.63) is 23.3 Å². The molecule has 12 N–H and O–H groups in total. The molecule has 0 radical (unpaired) electrons. The van der Waals surface area contributed by atoms with E-state index in [1.807, 2.05) is 6.92 Å². The Morgan fingerprint density at radius 3 is 1.85 bits per heavy atom. The number of aliphatic hydroxyl groups is 12. The van der Waals surface area contributed by atoms with Gasteiger partial charge in [-0.05, 0) is 92.8 Å². The van der Waals surface area contributed by atoms with Crippen LogP contribution in [-0.2, 0) is 28.4 Å². The van der Waals surface area contributed by atoms with Gasteiger partial charge in [0.1, 0.15) is 73.2 Å². The Kier molecular flexibility index (Phi) is 16.0. The lowest BCUT2D eigenvalue weighted by molar-refractivity contribution is -0.330. The highest BCUT2D eigenvalue weighted by atomic mass is 16.7. The highest BCUT2D eigenvalue weighted by Crippen LogP contribution is 2.75. The molecule has 18 heteroatoms. The Labute approximate surface area is 388 Å². The van der Waals surface area contributed by atoms with E-state index in [9.17, 15) is 61.3 Å². The molecule has 380 valence electrons. The van der Waals surface area contributed by atoms with Crippen molar-refractivity contribution in [1.82, 2.24) is 0 Å². The molecule has 3 aliphatic heterocycles. The summed E-state index contributed by atoms with van der Waals surface area (Å²) in [5.41, 5.74) is 1.13. The lowest BCUT2D eigenvalue weighted by atomic mass is 9.38. The van der Waals surface area contributed by atoms with Crippen LogP contribution in [0.1, 0.15) is 99.8 Å². The van der Waals surface area contributed by atoms with Gasteiger partial charge in [0.15, 0.2) is 18.9 Å². The number of hydrogen-bond acceptors (Lipinski definition) is 18. The molecule has 0 aromatic rings. The summed E-state index contributed by atoms with van der Waals surface area (Å²) in [6.45, 7) is 14.1. The third-order valence-corrected chi connectivity index (χ3v) is 18.3. The quantitative estimate of drug-likeness (QED) is 0.100. The number of fused-ring (bicyclic) bond motifs is 5. The number of ether oxygens (including phenoxy) is 6. The lowest BCUT2D eigenvalue weighted by Crippen LogP contribution is -2.65. The van der Waals surface area contributed by atoms with Crippen molar-refractivity contribution in [2.24, 2.45) is 45.3 Å². The van der Waals surface area contributed by atoms with Gasteiger partial charge in [-0.25, -0.2) is 0 Å². The molecule has 7 aliphatic rings. The van der Waals surface area contributed by atoms with Crippen molar-refractivity contribution in [3.63, 3.8) is 0 Å². The summed E-state index contributed by atoms with van der Waals surface area (Å²) in [5, 5.41) is 126. The molecule has 7 rings (SSSR count). The maximum absolute atomic E-state index is 12.5. The predicted molar refractivity (Wildman–Crippen MR) is 234 cm³/mol. The summed E-state index contributed by atoms with van der Waals surface area (Å²) in [6.07, 6.45) is -11.3. The van der Waals surface area contributed by atoms with Crippen LogP contribution in [0.2, 0.25) is 0 Å². The van der Waals surface area contributed by atoms with E-state index < -0.39 is 123 Å². The van der Waals surface area contributed by atoms with Crippen molar-refractivity contribution in [2.75, 3.05) is 26.4 Å². The molecule has 18 nitrogen and oxygen atoms in total. The van der Waals surface area contributed by atoms with Gasteiger partial charge in [0.25, 0.3) is 0 Å². The first-order valence-electron chi connectivity index (χ1n) is 24.2. The van der Waals surface area contributed by atoms with Gasteiger partial charge in [-0.2, -0.15) is 0 Å². The molecule has 0 aromatic heterocycles. The topological polar surface area (TPSA) is 298 Å². The Balaban J connectivity index is 0.944. The van der Waals surface area contributed by atoms with E-state index in [1.165, 1.54) is 5.57 Å². The third-order valence-electron chi connectivity index (χ3n) is 18.3. The molecule has 0 unspecified atom stereocenters. The van der Waals surface area contributed by atoms with Crippen LogP contribution in [0, 0.1) is 45.3 Å². The van der Waals surface area contributed by atoms with Crippen LogP contribution in [0.5, 0.6) is 0 Å². The van der Waals surface area contributed by atoms with E-state index in [0.717, 1.165) is 44.1 Å². The molecule has 3 heterocycles. The SMILES string of the molecule is C/C(=C\CC[C@@H](C)[C@H]1CC[C@@]2(C)[C@@H]3CC=C4[C@@H](CC[C@H](O[C@@H]5O[C@H](CO)[C@@H](O)[C@H](O)[C@H]5O)C4(C)C)[C@]3(C)[C@H](O)C[C@]12C)CO[C@@H]1O[C@H](CO[C@@H]2O[C@H](CO)[C@@H](O)[C@H](O)[C@H]2O)[C@@H](O)[C@H](O)[C@H]1O. The zero-order chi connectivity index (χ0) is 48.4. The second kappa shape index (κ2) is 20.1. The second-order valence-corrected chi connectivity index (χ2v) is 22.1. The first-order valence-corrected chi connectivity index (χ1v) is 24.2. The highest BCUT2D eigenvalue weighted by molar-refractivity contribution is 5.32. The smallest absolute Gasteiger partial charge is 0.187 e. The second-order valence-electron chi connectivity index (χ2n) is 22.1. The van der Waals surface area contributed by atoms with E-state index in [1.54, 1.807) is 0 Å². The normalized spacial score (nSPS) is 51.1. The van der Waals surface area contributed by atoms with Crippen LogP contribution in [0.15, 0.2) is 23.3 Å². The molecule has 3 saturated heterocycles. The molecular weight excluding hydrogens is 865 g/mol. The summed E-state index contributed by atoms with van der Waals surface area (Å²) in [6, 6.07) is 0. The van der Waals surface area contributed by atoms with Crippen LogP contribution in [0.4, 0.5) is 0 Å². The van der Waals surface area contributed by atoms with Gasteiger partial charge in [0.05, 0.1) is 38.6 Å². The van der Waals surface area contributed by atoms with Gasteiger partial charge in [-0.3, -0.25) is 0 Å². The minimum atomic E-state index is -1.67. The minimum absolute atomic E-state index is 0.0218. The molecule has 6 fully saturated rings. The van der Waals surface area contributed by atoms with Crippen molar-refractivity contribution in [2.45, 2.75) is 204 Å². The first-order chi connectivity index (χ1) is 31.0. The largest absolute Gasteiger partial charge is 0.394 e. The standard InChI is InChI=1S/C48H80O18/c1-22(20-61-42-40(59)38(57)35(54)29(65-42)21-62-43-39(58)36(55)33(52)27(18-49)63-43)9-8-10-23(2)24-15-16-46(5)30-13-11-25-26(48(30,7)31(51)17-47(24,46)6)12-14-32(45(25,3)4)66-44-41(60)37(56)34(53)28(19-50)64-44/h9,11,23-24,26-44,49-60H,8,10,12-21H2,1-7H3/b22-9+/t23-,24-,26-,27-,28-,29-,30+,31-,32+,33-,34-,35-,36+,37+,38+,39-,40-,41-,42-,43-,44+,46+,47-,48+/m1/s1. The van der Waals surface area contributed by atoms with E-state index in [4.69, 9.17) is 28.4 Å². The lowest BCUT2D eigenvalue weighted by Gasteiger charge is -2.67. The number of hydrogen-bond donors (Lipinski definition) is 12. The summed E-state index contributed by atoms with van der Waals surface area (Å²) in [7, 11) is 0. The summed E-state index contributed by atoms with van der Waals surface area (Å²) >= 11 is 0. The van der Waals surface area contributed by atoms with Gasteiger partial charge in [-0.15, -0.1) is 0 Å². The fourth-order valence-corrected chi connectivity index (χ4v) is 13.9. The molecule has 66 heavy (non-hydrogen) atoms. The molecule has 0 spiro atoms. The fraction of sp³-hybridized carbons (Fsp3) is 0.917. The molecule has 0 amide bonds. The maximum Gasteiger partial charge on any atom is 0.187 e. The Hall–Kier alpha value is -1.24. The van der Waals surface area contributed by atoms with E-state index >= 15 is 0 Å². The monoisotopic (exact) mass is 945 g/mol. The van der Waals surface area contributed by atoms with Crippen molar-refractivity contribution in [1.29, 1.82) is 0 Å².